The summed E-state index contributed by atoms with van der Waals surface area (Å²) in [7, 11) is -0.0562. The van der Waals surface area contributed by atoms with Crippen LogP contribution in [-0.4, -0.2) is 43.6 Å². The standard InChI is InChI=1S/C12H27BO3S/c1-3-5-9-15-13(16-10-6-4-2)7-11-17-12-8-14/h14H,3-12H2,1-2H3. The van der Waals surface area contributed by atoms with Gasteiger partial charge in [0, 0.05) is 19.0 Å². The van der Waals surface area contributed by atoms with Gasteiger partial charge in [0.2, 0.25) is 0 Å². The molecule has 0 spiro atoms. The third-order valence-corrected chi connectivity index (χ3v) is 3.33. The van der Waals surface area contributed by atoms with Crippen molar-refractivity contribution in [3.05, 3.63) is 0 Å². The lowest BCUT2D eigenvalue weighted by atomic mass is 9.85. The lowest BCUT2D eigenvalue weighted by molar-refractivity contribution is 0.192. The monoisotopic (exact) mass is 262 g/mol. The average molecular weight is 262 g/mol. The average Bonchev–Trinajstić information content (AvgIpc) is 2.34. The number of rotatable bonds is 13. The fraction of sp³-hybridized carbons (Fsp3) is 1.00. The maximum absolute atomic E-state index is 8.69. The lowest BCUT2D eigenvalue weighted by Gasteiger charge is -2.14. The Kier molecular flexibility index (Phi) is 14.6. The first kappa shape index (κ1) is 17.3. The summed E-state index contributed by atoms with van der Waals surface area (Å²) in [4.78, 5) is 0. The zero-order valence-corrected chi connectivity index (χ0v) is 12.1. The van der Waals surface area contributed by atoms with Crippen molar-refractivity contribution in [2.45, 2.75) is 45.9 Å². The molecule has 0 saturated carbocycles. The topological polar surface area (TPSA) is 38.7 Å². The molecule has 0 atom stereocenters. The van der Waals surface area contributed by atoms with Gasteiger partial charge in [0.25, 0.3) is 0 Å². The van der Waals surface area contributed by atoms with Crippen molar-refractivity contribution in [2.24, 2.45) is 0 Å². The fourth-order valence-electron chi connectivity index (χ4n) is 1.28. The Morgan fingerprint density at radius 2 is 1.59 bits per heavy atom. The van der Waals surface area contributed by atoms with Crippen molar-refractivity contribution in [3.8, 4) is 0 Å². The highest BCUT2D eigenvalue weighted by Gasteiger charge is 2.17. The van der Waals surface area contributed by atoms with Crippen molar-refractivity contribution < 1.29 is 14.4 Å². The SMILES string of the molecule is CCCCOB(CCSCCO)OCCCC. The van der Waals surface area contributed by atoms with Crippen molar-refractivity contribution in [1.29, 1.82) is 0 Å². The quantitative estimate of drug-likeness (QED) is 0.409. The molecule has 1 N–H and O–H groups in total. The molecule has 0 aromatic carbocycles. The van der Waals surface area contributed by atoms with Gasteiger partial charge in [-0.25, -0.2) is 0 Å². The molecule has 0 heterocycles. The molecule has 0 fully saturated rings. The Labute approximate surface area is 111 Å². The van der Waals surface area contributed by atoms with E-state index < -0.39 is 0 Å². The zero-order valence-electron chi connectivity index (χ0n) is 11.3. The second-order valence-electron chi connectivity index (χ2n) is 4.00. The van der Waals surface area contributed by atoms with E-state index in [1.54, 1.807) is 11.8 Å². The van der Waals surface area contributed by atoms with Crippen LogP contribution in [0, 0.1) is 0 Å². The van der Waals surface area contributed by atoms with Crippen LogP contribution in [0.1, 0.15) is 39.5 Å². The molecular weight excluding hydrogens is 235 g/mol. The molecule has 0 saturated heterocycles. The molecule has 0 aromatic rings. The molecule has 0 aliphatic heterocycles. The van der Waals surface area contributed by atoms with Crippen LogP contribution in [0.4, 0.5) is 0 Å². The van der Waals surface area contributed by atoms with Gasteiger partial charge in [0.1, 0.15) is 0 Å². The van der Waals surface area contributed by atoms with Crippen molar-refractivity contribution in [1.82, 2.24) is 0 Å². The van der Waals surface area contributed by atoms with Crippen LogP contribution < -0.4 is 0 Å². The number of hydrogen-bond donors (Lipinski definition) is 1. The summed E-state index contributed by atoms with van der Waals surface area (Å²) >= 11 is 1.75. The molecule has 0 rings (SSSR count). The number of hydrogen-bond acceptors (Lipinski definition) is 4. The van der Waals surface area contributed by atoms with E-state index in [1.807, 2.05) is 0 Å². The molecule has 0 aliphatic carbocycles. The summed E-state index contributed by atoms with van der Waals surface area (Å²) in [5.41, 5.74) is 0. The molecule has 0 unspecified atom stereocenters. The highest BCUT2D eigenvalue weighted by Crippen LogP contribution is 2.08. The first-order valence-corrected chi connectivity index (χ1v) is 7.92. The van der Waals surface area contributed by atoms with Gasteiger partial charge < -0.3 is 14.4 Å². The summed E-state index contributed by atoms with van der Waals surface area (Å²) < 4.78 is 11.4. The molecular formula is C12H27BO3S. The summed E-state index contributed by atoms with van der Waals surface area (Å²) in [5.74, 6) is 1.79. The van der Waals surface area contributed by atoms with Gasteiger partial charge in [0.15, 0.2) is 0 Å². The van der Waals surface area contributed by atoms with Crippen LogP contribution in [0.25, 0.3) is 0 Å². The number of thioether (sulfide) groups is 1. The van der Waals surface area contributed by atoms with E-state index in [0.29, 0.717) is 0 Å². The lowest BCUT2D eigenvalue weighted by Crippen LogP contribution is -2.25. The van der Waals surface area contributed by atoms with Crippen molar-refractivity contribution in [2.75, 3.05) is 31.3 Å². The van der Waals surface area contributed by atoms with E-state index in [0.717, 1.165) is 56.7 Å². The Morgan fingerprint density at radius 3 is 2.06 bits per heavy atom. The van der Waals surface area contributed by atoms with Gasteiger partial charge in [-0.2, -0.15) is 11.8 Å². The number of aliphatic hydroxyl groups is 1. The Hall–Kier alpha value is 0.295. The van der Waals surface area contributed by atoms with Gasteiger partial charge >= 0.3 is 7.12 Å². The van der Waals surface area contributed by atoms with Gasteiger partial charge in [-0.1, -0.05) is 26.7 Å². The second kappa shape index (κ2) is 14.4. The van der Waals surface area contributed by atoms with E-state index in [4.69, 9.17) is 14.4 Å². The van der Waals surface area contributed by atoms with Crippen LogP contribution in [-0.2, 0) is 9.31 Å². The Bertz CT molecular complexity index is 140. The Balaban J connectivity index is 3.60. The molecule has 5 heteroatoms. The van der Waals surface area contributed by atoms with Crippen LogP contribution >= 0.6 is 11.8 Å². The zero-order chi connectivity index (χ0) is 12.8. The van der Waals surface area contributed by atoms with Gasteiger partial charge in [-0.05, 0) is 24.9 Å². The highest BCUT2D eigenvalue weighted by atomic mass is 32.2. The van der Waals surface area contributed by atoms with Crippen LogP contribution in [0.5, 0.6) is 0 Å². The second-order valence-corrected chi connectivity index (χ2v) is 5.23. The number of unbranched alkanes of at least 4 members (excludes halogenated alkanes) is 2. The molecule has 102 valence electrons. The molecule has 17 heavy (non-hydrogen) atoms. The van der Waals surface area contributed by atoms with Gasteiger partial charge in [-0.3, -0.25) is 0 Å². The third kappa shape index (κ3) is 12.5. The molecule has 0 aromatic heterocycles. The van der Waals surface area contributed by atoms with Crippen LogP contribution in [0.15, 0.2) is 0 Å². The smallest absolute Gasteiger partial charge is 0.411 e. The van der Waals surface area contributed by atoms with Crippen LogP contribution in [0.3, 0.4) is 0 Å². The van der Waals surface area contributed by atoms with E-state index in [9.17, 15) is 0 Å². The first-order valence-electron chi connectivity index (χ1n) is 6.76. The third-order valence-electron chi connectivity index (χ3n) is 2.34. The molecule has 0 amide bonds. The van der Waals surface area contributed by atoms with E-state index in [1.165, 1.54) is 0 Å². The summed E-state index contributed by atoms with van der Waals surface area (Å²) in [6.07, 6.45) is 5.41. The summed E-state index contributed by atoms with van der Waals surface area (Å²) in [6.45, 7) is 6.15. The van der Waals surface area contributed by atoms with Gasteiger partial charge in [-0.15, -0.1) is 0 Å². The van der Waals surface area contributed by atoms with E-state index in [2.05, 4.69) is 13.8 Å². The van der Waals surface area contributed by atoms with Gasteiger partial charge in [0.05, 0.1) is 6.61 Å². The maximum Gasteiger partial charge on any atom is 0.457 e. The summed E-state index contributed by atoms with van der Waals surface area (Å²) in [6, 6.07) is 0. The predicted octanol–water partition coefficient (Wildman–Crippen LogP) is 2.83. The minimum atomic E-state index is -0.0562. The molecule has 3 nitrogen and oxygen atoms in total. The number of aliphatic hydroxyl groups excluding tert-OH is 1. The highest BCUT2D eigenvalue weighted by molar-refractivity contribution is 7.99. The largest absolute Gasteiger partial charge is 0.457 e. The molecule has 0 radical (unpaired) electrons. The predicted molar refractivity (Wildman–Crippen MR) is 76.7 cm³/mol. The summed E-state index contributed by atoms with van der Waals surface area (Å²) in [5, 5.41) is 8.69. The minimum absolute atomic E-state index is 0.0562. The normalized spacial score (nSPS) is 10.8. The van der Waals surface area contributed by atoms with Crippen molar-refractivity contribution >= 4 is 18.9 Å². The van der Waals surface area contributed by atoms with E-state index in [-0.39, 0.29) is 13.7 Å². The Morgan fingerprint density at radius 1 is 1.00 bits per heavy atom. The molecule has 0 aliphatic rings. The maximum atomic E-state index is 8.69. The fourth-order valence-corrected chi connectivity index (χ4v) is 1.97. The van der Waals surface area contributed by atoms with Crippen molar-refractivity contribution in [3.63, 3.8) is 0 Å². The molecule has 0 bridgehead atoms. The first-order chi connectivity index (χ1) is 8.35. The van der Waals surface area contributed by atoms with E-state index >= 15 is 0 Å². The van der Waals surface area contributed by atoms with Crippen LogP contribution in [0.2, 0.25) is 6.32 Å². The minimum Gasteiger partial charge on any atom is -0.411 e.